The van der Waals surface area contributed by atoms with Crippen LogP contribution in [0.25, 0.3) is 0 Å². The molecule has 0 unspecified atom stereocenters. The first-order valence-corrected chi connectivity index (χ1v) is 16.5. The highest BCUT2D eigenvalue weighted by molar-refractivity contribution is 7.98. The van der Waals surface area contributed by atoms with Crippen LogP contribution in [-0.4, -0.2) is 56.1 Å². The molecule has 0 aliphatic heterocycles. The van der Waals surface area contributed by atoms with Crippen molar-refractivity contribution in [3.05, 3.63) is 83.4 Å². The summed E-state index contributed by atoms with van der Waals surface area (Å²) in [7, 11) is -4.17. The maximum Gasteiger partial charge on any atom is 0.264 e. The lowest BCUT2D eigenvalue weighted by Crippen LogP contribution is -2.54. The molecule has 226 valence electrons. The van der Waals surface area contributed by atoms with Gasteiger partial charge in [-0.25, -0.2) is 8.42 Å². The molecular weight excluding hydrogens is 594 g/mol. The smallest absolute Gasteiger partial charge is 0.264 e. The lowest BCUT2D eigenvalue weighted by molar-refractivity contribution is -0.140. The van der Waals surface area contributed by atoms with Gasteiger partial charge in [0.25, 0.3) is 10.0 Å². The van der Waals surface area contributed by atoms with Gasteiger partial charge in [0, 0.05) is 22.0 Å². The van der Waals surface area contributed by atoms with E-state index in [1.54, 1.807) is 67.6 Å². The molecule has 0 bridgehead atoms. The highest BCUT2D eigenvalue weighted by Crippen LogP contribution is 2.28. The maximum absolute atomic E-state index is 14.0. The van der Waals surface area contributed by atoms with Crippen molar-refractivity contribution < 1.29 is 22.7 Å². The predicted octanol–water partition coefficient (Wildman–Crippen LogP) is 5.99. The number of carbonyl (C=O) groups excluding carboxylic acids is 2. The van der Waals surface area contributed by atoms with E-state index in [0.717, 1.165) is 14.8 Å². The van der Waals surface area contributed by atoms with Crippen molar-refractivity contribution in [2.45, 2.75) is 62.5 Å². The zero-order chi connectivity index (χ0) is 31.1. The standard InChI is InChI=1S/C31H38ClN3O5S2/c1-7-40-26-14-12-25(13-15-26)35(42(38,39)28-18-16-27(41-6)17-19-28)21-29(36)34(20-23-8-10-24(32)11-9-23)22(2)30(37)33-31(3,4)5/h8-19,22H,7,20-21H2,1-6H3,(H,33,37)/t22-/m0/s1. The fraction of sp³-hybridized carbons (Fsp3) is 0.355. The van der Waals surface area contributed by atoms with Gasteiger partial charge in [0.1, 0.15) is 18.3 Å². The highest BCUT2D eigenvalue weighted by atomic mass is 35.5. The number of hydrogen-bond donors (Lipinski definition) is 1. The number of ether oxygens (including phenoxy) is 1. The Morgan fingerprint density at radius 3 is 2.10 bits per heavy atom. The van der Waals surface area contributed by atoms with Crippen LogP contribution < -0.4 is 14.4 Å². The van der Waals surface area contributed by atoms with Crippen LogP contribution in [0.5, 0.6) is 5.75 Å². The lowest BCUT2D eigenvalue weighted by atomic mass is 10.1. The number of rotatable bonds is 12. The van der Waals surface area contributed by atoms with E-state index in [1.165, 1.54) is 28.8 Å². The Morgan fingerprint density at radius 2 is 1.57 bits per heavy atom. The topological polar surface area (TPSA) is 96.0 Å². The summed E-state index contributed by atoms with van der Waals surface area (Å²) in [5, 5.41) is 3.45. The van der Waals surface area contributed by atoms with E-state index >= 15 is 0 Å². The van der Waals surface area contributed by atoms with E-state index in [-0.39, 0.29) is 17.3 Å². The minimum Gasteiger partial charge on any atom is -0.494 e. The van der Waals surface area contributed by atoms with Crippen molar-refractivity contribution in [2.75, 3.05) is 23.7 Å². The van der Waals surface area contributed by atoms with E-state index < -0.39 is 34.1 Å². The molecule has 0 aromatic heterocycles. The average molecular weight is 632 g/mol. The van der Waals surface area contributed by atoms with Gasteiger partial charge < -0.3 is 15.0 Å². The van der Waals surface area contributed by atoms with E-state index in [9.17, 15) is 18.0 Å². The fourth-order valence-corrected chi connectivity index (χ4v) is 6.07. The summed E-state index contributed by atoms with van der Waals surface area (Å²) in [5.74, 6) is -0.321. The maximum atomic E-state index is 14.0. The van der Waals surface area contributed by atoms with Crippen LogP contribution in [0.2, 0.25) is 5.02 Å². The fourth-order valence-electron chi connectivity index (χ4n) is 4.12. The van der Waals surface area contributed by atoms with Crippen LogP contribution in [0.3, 0.4) is 0 Å². The zero-order valence-corrected chi connectivity index (χ0v) is 27.1. The van der Waals surface area contributed by atoms with Gasteiger partial charge in [0.2, 0.25) is 11.8 Å². The van der Waals surface area contributed by atoms with Gasteiger partial charge in [-0.1, -0.05) is 23.7 Å². The Bertz CT molecular complexity index is 1460. The molecule has 0 heterocycles. The number of thioether (sulfide) groups is 1. The summed E-state index contributed by atoms with van der Waals surface area (Å²) in [6.45, 7) is 9.05. The van der Waals surface area contributed by atoms with E-state index in [2.05, 4.69) is 5.32 Å². The molecule has 0 radical (unpaired) electrons. The molecule has 11 heteroatoms. The molecule has 3 aromatic rings. The molecule has 1 N–H and O–H groups in total. The number of benzene rings is 3. The zero-order valence-electron chi connectivity index (χ0n) is 24.8. The Morgan fingerprint density at radius 1 is 0.976 bits per heavy atom. The SMILES string of the molecule is CCOc1ccc(N(CC(=O)N(Cc2ccc(Cl)cc2)[C@@H](C)C(=O)NC(C)(C)C)S(=O)(=O)c2ccc(SC)cc2)cc1. The first-order chi connectivity index (χ1) is 19.7. The van der Waals surface area contributed by atoms with Crippen molar-refractivity contribution in [1.82, 2.24) is 10.2 Å². The number of nitrogens with one attached hydrogen (secondary N) is 1. The van der Waals surface area contributed by atoms with Crippen LogP contribution in [0.1, 0.15) is 40.2 Å². The van der Waals surface area contributed by atoms with Gasteiger partial charge in [0.05, 0.1) is 17.2 Å². The summed E-state index contributed by atoms with van der Waals surface area (Å²) in [6, 6.07) is 19.1. The summed E-state index contributed by atoms with van der Waals surface area (Å²) in [6.07, 6.45) is 1.90. The average Bonchev–Trinajstić information content (AvgIpc) is 2.95. The Hall–Kier alpha value is -3.21. The molecule has 2 amide bonds. The third-order valence-electron chi connectivity index (χ3n) is 6.29. The number of sulfonamides is 1. The predicted molar refractivity (Wildman–Crippen MR) is 170 cm³/mol. The monoisotopic (exact) mass is 631 g/mol. The van der Waals surface area contributed by atoms with E-state index in [4.69, 9.17) is 16.3 Å². The van der Waals surface area contributed by atoms with Gasteiger partial charge in [-0.2, -0.15) is 0 Å². The number of nitrogens with zero attached hydrogens (tertiary/aromatic N) is 2. The van der Waals surface area contributed by atoms with Crippen molar-refractivity contribution >= 4 is 50.9 Å². The molecule has 0 aliphatic carbocycles. The Balaban J connectivity index is 2.04. The molecular formula is C31H38ClN3O5S2. The normalized spacial score (nSPS) is 12.4. The van der Waals surface area contributed by atoms with Gasteiger partial charge in [-0.3, -0.25) is 13.9 Å². The molecule has 1 atom stereocenters. The van der Waals surface area contributed by atoms with Crippen LogP contribution in [0.4, 0.5) is 5.69 Å². The van der Waals surface area contributed by atoms with Gasteiger partial charge in [-0.15, -0.1) is 11.8 Å². The third-order valence-corrected chi connectivity index (χ3v) is 9.08. The van der Waals surface area contributed by atoms with E-state index in [1.807, 2.05) is 34.0 Å². The Kier molecular flexibility index (Phi) is 11.3. The summed E-state index contributed by atoms with van der Waals surface area (Å²) in [4.78, 5) is 29.6. The second kappa shape index (κ2) is 14.3. The minimum atomic E-state index is -4.17. The van der Waals surface area contributed by atoms with Crippen LogP contribution in [0, 0.1) is 0 Å². The molecule has 0 spiro atoms. The molecule has 42 heavy (non-hydrogen) atoms. The molecule has 0 aliphatic rings. The third kappa shape index (κ3) is 8.89. The quantitative estimate of drug-likeness (QED) is 0.247. The van der Waals surface area contributed by atoms with Gasteiger partial charge in [0.15, 0.2) is 0 Å². The van der Waals surface area contributed by atoms with Crippen LogP contribution in [-0.2, 0) is 26.2 Å². The number of anilines is 1. The first kappa shape index (κ1) is 33.3. The van der Waals surface area contributed by atoms with Crippen LogP contribution in [0.15, 0.2) is 82.6 Å². The van der Waals surface area contributed by atoms with E-state index in [0.29, 0.717) is 23.1 Å². The molecule has 0 fully saturated rings. The number of amides is 2. The number of halogens is 1. The summed E-state index contributed by atoms with van der Waals surface area (Å²) >= 11 is 7.56. The van der Waals surface area contributed by atoms with Crippen molar-refractivity contribution in [1.29, 1.82) is 0 Å². The summed E-state index contributed by atoms with van der Waals surface area (Å²) < 4.78 is 34.6. The molecule has 0 saturated carbocycles. The van der Waals surface area contributed by atoms with Crippen molar-refractivity contribution in [3.8, 4) is 5.75 Å². The highest BCUT2D eigenvalue weighted by Gasteiger charge is 2.33. The van der Waals surface area contributed by atoms with Crippen LogP contribution >= 0.6 is 23.4 Å². The first-order valence-electron chi connectivity index (χ1n) is 13.5. The second-order valence-electron chi connectivity index (χ2n) is 10.7. The Labute approximate surface area is 258 Å². The molecule has 3 rings (SSSR count). The van der Waals surface area contributed by atoms with Crippen molar-refractivity contribution in [2.24, 2.45) is 0 Å². The largest absolute Gasteiger partial charge is 0.494 e. The molecule has 8 nitrogen and oxygen atoms in total. The van der Waals surface area contributed by atoms with Crippen molar-refractivity contribution in [3.63, 3.8) is 0 Å². The number of carbonyl (C=O) groups is 2. The summed E-state index contributed by atoms with van der Waals surface area (Å²) in [5.41, 5.74) is 0.506. The number of hydrogen-bond acceptors (Lipinski definition) is 6. The molecule has 0 saturated heterocycles. The second-order valence-corrected chi connectivity index (χ2v) is 13.9. The lowest BCUT2D eigenvalue weighted by Gasteiger charge is -2.33. The van der Waals surface area contributed by atoms with Gasteiger partial charge >= 0.3 is 0 Å². The molecule has 3 aromatic carbocycles. The van der Waals surface area contributed by atoms with Gasteiger partial charge in [-0.05, 0) is 107 Å². The minimum absolute atomic E-state index is 0.0461.